The summed E-state index contributed by atoms with van der Waals surface area (Å²) in [5, 5.41) is 5.36. The molecular weight excluding hydrogens is 502 g/mol. The van der Waals surface area contributed by atoms with Crippen LogP contribution in [0.5, 0.6) is 0 Å². The van der Waals surface area contributed by atoms with Gasteiger partial charge in [0.25, 0.3) is 5.91 Å². The van der Waals surface area contributed by atoms with Crippen molar-refractivity contribution in [2.75, 3.05) is 18.9 Å². The summed E-state index contributed by atoms with van der Waals surface area (Å²) in [4.78, 5) is 21.6. The van der Waals surface area contributed by atoms with Gasteiger partial charge in [-0.15, -0.1) is 22.7 Å². The molecule has 1 aliphatic heterocycles. The summed E-state index contributed by atoms with van der Waals surface area (Å²) < 4.78 is 1.96. The Kier molecular flexibility index (Phi) is 5.41. The molecule has 3 heterocycles. The van der Waals surface area contributed by atoms with E-state index in [1.54, 1.807) is 34.8 Å². The molecule has 30 heavy (non-hydrogen) atoms. The Labute approximate surface area is 195 Å². The van der Waals surface area contributed by atoms with Crippen molar-refractivity contribution in [3.63, 3.8) is 0 Å². The molecular formula is C22H17BrClN3OS2. The van der Waals surface area contributed by atoms with E-state index >= 15 is 0 Å². The summed E-state index contributed by atoms with van der Waals surface area (Å²) in [6.45, 7) is 1.87. The van der Waals surface area contributed by atoms with Gasteiger partial charge < -0.3 is 10.2 Å². The smallest absolute Gasteiger partial charge is 0.257 e. The van der Waals surface area contributed by atoms with Crippen LogP contribution in [0.2, 0.25) is 5.02 Å². The van der Waals surface area contributed by atoms with Crippen molar-refractivity contribution in [3.8, 4) is 10.6 Å². The molecule has 0 atom stereocenters. The molecule has 4 aromatic rings. The predicted molar refractivity (Wildman–Crippen MR) is 130 cm³/mol. The highest BCUT2D eigenvalue weighted by Crippen LogP contribution is 2.45. The second-order valence-corrected chi connectivity index (χ2v) is 10.7. The quantitative estimate of drug-likeness (QED) is 0.329. The van der Waals surface area contributed by atoms with Gasteiger partial charge in [0.1, 0.15) is 10.0 Å². The SMILES string of the molecule is CN1CCc2c(sc(NC(=O)c3cc(Br)ccc3Cl)c2-c2nc3ccccc3s2)C1. The van der Waals surface area contributed by atoms with Gasteiger partial charge in [-0.2, -0.15) is 0 Å². The second kappa shape index (κ2) is 8.05. The number of hydrogen-bond donors (Lipinski definition) is 1. The molecule has 1 amide bonds. The number of fused-ring (bicyclic) bond motifs is 2. The number of para-hydroxylation sites is 1. The number of anilines is 1. The summed E-state index contributed by atoms with van der Waals surface area (Å²) in [5.41, 5.74) is 3.79. The Bertz CT molecular complexity index is 1250. The molecule has 0 aliphatic carbocycles. The number of hydrogen-bond acceptors (Lipinski definition) is 5. The first-order chi connectivity index (χ1) is 14.5. The van der Waals surface area contributed by atoms with Crippen LogP contribution in [0.15, 0.2) is 46.9 Å². The highest BCUT2D eigenvalue weighted by Gasteiger charge is 2.27. The van der Waals surface area contributed by atoms with Crippen LogP contribution >= 0.6 is 50.2 Å². The predicted octanol–water partition coefficient (Wildman–Crippen LogP) is 6.68. The summed E-state index contributed by atoms with van der Waals surface area (Å²) in [6, 6.07) is 13.4. The zero-order valence-corrected chi connectivity index (χ0v) is 20.0. The van der Waals surface area contributed by atoms with Crippen LogP contribution in [0.4, 0.5) is 5.00 Å². The molecule has 0 saturated heterocycles. The number of carbonyl (C=O) groups excluding carboxylic acids is 1. The Balaban J connectivity index is 1.61. The normalized spacial score (nSPS) is 14.1. The van der Waals surface area contributed by atoms with Crippen LogP contribution in [-0.4, -0.2) is 29.4 Å². The highest BCUT2D eigenvalue weighted by molar-refractivity contribution is 9.10. The van der Waals surface area contributed by atoms with E-state index < -0.39 is 0 Å². The average molecular weight is 519 g/mol. The van der Waals surface area contributed by atoms with Crippen molar-refractivity contribution < 1.29 is 4.79 Å². The third-order valence-electron chi connectivity index (χ3n) is 5.16. The fourth-order valence-electron chi connectivity index (χ4n) is 3.67. The molecule has 2 aromatic heterocycles. The van der Waals surface area contributed by atoms with E-state index in [0.29, 0.717) is 10.6 Å². The van der Waals surface area contributed by atoms with E-state index in [9.17, 15) is 4.79 Å². The zero-order chi connectivity index (χ0) is 20.8. The lowest BCUT2D eigenvalue weighted by Crippen LogP contribution is -2.25. The van der Waals surface area contributed by atoms with Crippen LogP contribution in [-0.2, 0) is 13.0 Å². The summed E-state index contributed by atoms with van der Waals surface area (Å²) >= 11 is 13.0. The van der Waals surface area contributed by atoms with Crippen LogP contribution in [0.25, 0.3) is 20.8 Å². The number of nitrogens with one attached hydrogen (secondary N) is 1. The van der Waals surface area contributed by atoms with Crippen molar-refractivity contribution in [2.24, 2.45) is 0 Å². The van der Waals surface area contributed by atoms with Gasteiger partial charge in [0.15, 0.2) is 0 Å². The maximum Gasteiger partial charge on any atom is 0.257 e. The van der Waals surface area contributed by atoms with Crippen LogP contribution < -0.4 is 5.32 Å². The summed E-state index contributed by atoms with van der Waals surface area (Å²) in [7, 11) is 2.12. The van der Waals surface area contributed by atoms with Crippen molar-refractivity contribution in [1.29, 1.82) is 0 Å². The minimum absolute atomic E-state index is 0.212. The van der Waals surface area contributed by atoms with Gasteiger partial charge in [0.05, 0.1) is 20.8 Å². The summed E-state index contributed by atoms with van der Waals surface area (Å²) in [5.74, 6) is -0.212. The molecule has 0 saturated carbocycles. The molecule has 1 N–H and O–H groups in total. The number of amides is 1. The first-order valence-corrected chi connectivity index (χ1v) is 12.3. The van der Waals surface area contributed by atoms with Crippen molar-refractivity contribution in [1.82, 2.24) is 9.88 Å². The van der Waals surface area contributed by atoms with Gasteiger partial charge in [-0.1, -0.05) is 39.7 Å². The first-order valence-electron chi connectivity index (χ1n) is 9.45. The molecule has 0 fully saturated rings. The van der Waals surface area contributed by atoms with Crippen LogP contribution in [0, 0.1) is 0 Å². The Morgan fingerprint density at radius 2 is 2.07 bits per heavy atom. The molecule has 0 unspecified atom stereocenters. The maximum absolute atomic E-state index is 13.1. The molecule has 2 aromatic carbocycles. The van der Waals surface area contributed by atoms with Gasteiger partial charge in [-0.05, 0) is 49.4 Å². The molecule has 0 radical (unpaired) electrons. The molecule has 5 rings (SSSR count). The number of thiazole rings is 1. The lowest BCUT2D eigenvalue weighted by atomic mass is 10.0. The maximum atomic E-state index is 13.1. The number of thiophene rings is 1. The fraction of sp³-hybridized carbons (Fsp3) is 0.182. The zero-order valence-electron chi connectivity index (χ0n) is 16.0. The highest BCUT2D eigenvalue weighted by atomic mass is 79.9. The summed E-state index contributed by atoms with van der Waals surface area (Å²) in [6.07, 6.45) is 0.946. The van der Waals surface area contributed by atoms with Crippen LogP contribution in [0.3, 0.4) is 0 Å². The Morgan fingerprint density at radius 1 is 1.23 bits per heavy atom. The van der Waals surface area contributed by atoms with Crippen molar-refractivity contribution >= 4 is 71.3 Å². The first kappa shape index (κ1) is 20.2. The molecule has 0 spiro atoms. The number of nitrogens with zero attached hydrogens (tertiary/aromatic N) is 2. The lowest BCUT2D eigenvalue weighted by Gasteiger charge is -2.22. The van der Waals surface area contributed by atoms with E-state index in [2.05, 4.69) is 39.3 Å². The number of rotatable bonds is 3. The standard InChI is InChI=1S/C22H17BrClN3OS2/c1-27-9-8-13-18(11-27)30-22(26-20(28)14-10-12(23)6-7-15(14)24)19(13)21-25-16-4-2-3-5-17(16)29-21/h2-7,10H,8-9,11H2,1H3,(H,26,28). The Hall–Kier alpha value is -1.77. The number of benzene rings is 2. The van der Waals surface area contributed by atoms with Crippen molar-refractivity contribution in [2.45, 2.75) is 13.0 Å². The van der Waals surface area contributed by atoms with Gasteiger partial charge in [-0.3, -0.25) is 4.79 Å². The van der Waals surface area contributed by atoms with Crippen molar-refractivity contribution in [3.05, 3.63) is 68.0 Å². The lowest BCUT2D eigenvalue weighted by molar-refractivity contribution is 0.102. The average Bonchev–Trinajstić information content (AvgIpc) is 3.29. The number of likely N-dealkylation sites (N-methyl/N-ethyl adjacent to an activating group) is 1. The van der Waals surface area contributed by atoms with Gasteiger partial charge in [0, 0.05) is 28.0 Å². The van der Waals surface area contributed by atoms with Gasteiger partial charge in [-0.25, -0.2) is 4.98 Å². The third-order valence-corrected chi connectivity index (χ3v) is 8.16. The van der Waals surface area contributed by atoms with Crippen LogP contribution in [0.1, 0.15) is 20.8 Å². The van der Waals surface area contributed by atoms with E-state index in [0.717, 1.165) is 49.8 Å². The van der Waals surface area contributed by atoms with E-state index in [4.69, 9.17) is 16.6 Å². The third kappa shape index (κ3) is 3.69. The number of carbonyl (C=O) groups is 1. The molecule has 1 aliphatic rings. The molecule has 152 valence electrons. The van der Waals surface area contributed by atoms with E-state index in [1.807, 2.05) is 24.3 Å². The molecule has 0 bridgehead atoms. The fourth-order valence-corrected chi connectivity index (χ4v) is 6.66. The minimum atomic E-state index is -0.212. The molecule has 8 heteroatoms. The van der Waals surface area contributed by atoms with E-state index in [-0.39, 0.29) is 5.91 Å². The van der Waals surface area contributed by atoms with Gasteiger partial charge >= 0.3 is 0 Å². The van der Waals surface area contributed by atoms with Gasteiger partial charge in [0.2, 0.25) is 0 Å². The van der Waals surface area contributed by atoms with E-state index in [1.165, 1.54) is 10.4 Å². The topological polar surface area (TPSA) is 45.2 Å². The monoisotopic (exact) mass is 517 g/mol. The minimum Gasteiger partial charge on any atom is -0.313 e. The Morgan fingerprint density at radius 3 is 2.90 bits per heavy atom. The number of aromatic nitrogens is 1. The number of halogens is 2. The second-order valence-electron chi connectivity index (χ2n) is 7.26. The largest absolute Gasteiger partial charge is 0.313 e. The molecule has 4 nitrogen and oxygen atoms in total.